The first-order valence-electron chi connectivity index (χ1n) is 10.4. The minimum absolute atomic E-state index is 0.0762. The second-order valence-corrected chi connectivity index (χ2v) is 8.36. The maximum atomic E-state index is 12.9. The molecule has 2 N–H and O–H groups in total. The van der Waals surface area contributed by atoms with E-state index < -0.39 is 36.2 Å². The fourth-order valence-electron chi connectivity index (χ4n) is 4.02. The third-order valence-electron chi connectivity index (χ3n) is 5.64. The summed E-state index contributed by atoms with van der Waals surface area (Å²) < 4.78 is 94.8. The Balaban J connectivity index is 0.000000343. The van der Waals surface area contributed by atoms with Crippen LogP contribution in [0, 0.1) is 12.7 Å². The van der Waals surface area contributed by atoms with Gasteiger partial charge < -0.3 is 15.4 Å². The Kier molecular flexibility index (Phi) is 7.56. The molecule has 2 fully saturated rings. The van der Waals surface area contributed by atoms with Gasteiger partial charge in [0.05, 0.1) is 23.8 Å². The number of carbonyl (C=O) groups is 1. The van der Waals surface area contributed by atoms with Crippen LogP contribution in [0.2, 0.25) is 0 Å². The average molecular weight is 492 g/mol. The highest BCUT2D eigenvalue weighted by Gasteiger charge is 2.45. The van der Waals surface area contributed by atoms with Gasteiger partial charge in [0, 0.05) is 25.0 Å². The Morgan fingerprint density at radius 1 is 1.03 bits per heavy atom. The zero-order valence-electron chi connectivity index (χ0n) is 18.1. The molecule has 186 valence electrons. The fraction of sp³-hybridized carbons (Fsp3) is 0.435. The SMILES string of the molecule is Cc1cccc(F)c1.NC1CC(=O)N2CC(OCc3cc(C(F)(F)F)cc(C(F)(F)F)c3)CC12. The van der Waals surface area contributed by atoms with Crippen molar-refractivity contribution in [2.24, 2.45) is 5.73 Å². The van der Waals surface area contributed by atoms with Gasteiger partial charge in [0.25, 0.3) is 0 Å². The lowest BCUT2D eigenvalue weighted by Crippen LogP contribution is -2.35. The van der Waals surface area contributed by atoms with Gasteiger partial charge in [-0.15, -0.1) is 0 Å². The first kappa shape index (κ1) is 26.0. The van der Waals surface area contributed by atoms with Crippen LogP contribution >= 0.6 is 0 Å². The van der Waals surface area contributed by atoms with E-state index in [0.717, 1.165) is 5.56 Å². The van der Waals surface area contributed by atoms with Crippen molar-refractivity contribution in [1.82, 2.24) is 4.90 Å². The molecule has 0 aromatic heterocycles. The van der Waals surface area contributed by atoms with Gasteiger partial charge in [0.2, 0.25) is 5.91 Å². The number of carbonyl (C=O) groups excluding carboxylic acids is 1. The van der Waals surface area contributed by atoms with Crippen molar-refractivity contribution >= 4 is 5.91 Å². The summed E-state index contributed by atoms with van der Waals surface area (Å²) in [4.78, 5) is 13.3. The molecule has 3 unspecified atom stereocenters. The quantitative estimate of drug-likeness (QED) is 0.609. The average Bonchev–Trinajstić information content (AvgIpc) is 3.26. The first-order valence-corrected chi connectivity index (χ1v) is 10.4. The van der Waals surface area contributed by atoms with Crippen LogP contribution < -0.4 is 5.73 Å². The number of halogens is 7. The van der Waals surface area contributed by atoms with Crippen LogP contribution in [-0.2, 0) is 28.5 Å². The zero-order valence-corrected chi connectivity index (χ0v) is 18.1. The van der Waals surface area contributed by atoms with Crippen molar-refractivity contribution in [3.63, 3.8) is 0 Å². The predicted octanol–water partition coefficient (Wildman–Crippen LogP) is 5.08. The van der Waals surface area contributed by atoms with E-state index in [1.807, 2.05) is 13.0 Å². The summed E-state index contributed by atoms with van der Waals surface area (Å²) in [5.74, 6) is -0.281. The highest BCUT2D eigenvalue weighted by molar-refractivity contribution is 5.80. The van der Waals surface area contributed by atoms with Crippen LogP contribution in [0.4, 0.5) is 30.7 Å². The van der Waals surface area contributed by atoms with Crippen LogP contribution in [0.25, 0.3) is 0 Å². The zero-order chi connectivity index (χ0) is 25.3. The summed E-state index contributed by atoms with van der Waals surface area (Å²) in [6.07, 6.45) is -9.62. The normalized spacial score (nSPS) is 22.4. The van der Waals surface area contributed by atoms with E-state index in [0.29, 0.717) is 18.6 Å². The monoisotopic (exact) mass is 492 g/mol. The number of ether oxygens (including phenoxy) is 1. The summed E-state index contributed by atoms with van der Waals surface area (Å²) in [6.45, 7) is 1.69. The van der Waals surface area contributed by atoms with Crippen molar-refractivity contribution in [2.45, 2.75) is 56.9 Å². The van der Waals surface area contributed by atoms with Gasteiger partial charge >= 0.3 is 12.4 Å². The minimum atomic E-state index is -4.90. The lowest BCUT2D eigenvalue weighted by atomic mass is 10.0. The van der Waals surface area contributed by atoms with E-state index in [1.165, 1.54) is 12.1 Å². The number of fused-ring (bicyclic) bond motifs is 1. The molecule has 1 amide bonds. The number of alkyl halides is 6. The lowest BCUT2D eigenvalue weighted by molar-refractivity contribution is -0.143. The molecule has 0 saturated carbocycles. The Morgan fingerprint density at radius 3 is 2.12 bits per heavy atom. The van der Waals surface area contributed by atoms with Crippen molar-refractivity contribution in [3.05, 3.63) is 70.5 Å². The molecule has 11 heteroatoms. The second-order valence-electron chi connectivity index (χ2n) is 8.36. The predicted molar refractivity (Wildman–Crippen MR) is 109 cm³/mol. The Hall–Kier alpha value is -2.66. The van der Waals surface area contributed by atoms with Crippen molar-refractivity contribution < 1.29 is 40.3 Å². The van der Waals surface area contributed by atoms with E-state index in [4.69, 9.17) is 10.5 Å². The van der Waals surface area contributed by atoms with E-state index in [-0.39, 0.29) is 48.4 Å². The molecule has 3 atom stereocenters. The number of hydrogen-bond acceptors (Lipinski definition) is 3. The highest BCUT2D eigenvalue weighted by atomic mass is 19.4. The molecule has 0 spiro atoms. The molecule has 34 heavy (non-hydrogen) atoms. The summed E-state index contributed by atoms with van der Waals surface area (Å²) in [7, 11) is 0. The molecule has 2 aromatic rings. The largest absolute Gasteiger partial charge is 0.416 e. The van der Waals surface area contributed by atoms with Crippen molar-refractivity contribution in [2.75, 3.05) is 6.54 Å². The fourth-order valence-corrected chi connectivity index (χ4v) is 4.02. The van der Waals surface area contributed by atoms with Gasteiger partial charge in [-0.3, -0.25) is 4.79 Å². The summed E-state index contributed by atoms with van der Waals surface area (Å²) in [5.41, 5.74) is 3.82. The maximum Gasteiger partial charge on any atom is 0.416 e. The van der Waals surface area contributed by atoms with Gasteiger partial charge in [-0.1, -0.05) is 12.1 Å². The molecule has 2 saturated heterocycles. The Morgan fingerprint density at radius 2 is 1.65 bits per heavy atom. The molecular weight excluding hydrogens is 469 g/mol. The molecule has 2 aliphatic rings. The first-order chi connectivity index (χ1) is 15.7. The number of rotatable bonds is 3. The summed E-state index contributed by atoms with van der Waals surface area (Å²) >= 11 is 0. The molecular formula is C23H23F7N2O2. The smallest absolute Gasteiger partial charge is 0.372 e. The molecule has 0 bridgehead atoms. The van der Waals surface area contributed by atoms with Gasteiger partial charge in [-0.25, -0.2) is 4.39 Å². The van der Waals surface area contributed by atoms with Crippen molar-refractivity contribution in [3.8, 4) is 0 Å². The van der Waals surface area contributed by atoms with Crippen LogP contribution in [0.1, 0.15) is 35.1 Å². The lowest BCUT2D eigenvalue weighted by Gasteiger charge is -2.16. The molecule has 2 aliphatic heterocycles. The van der Waals surface area contributed by atoms with Crippen LogP contribution in [0.5, 0.6) is 0 Å². The number of nitrogens with two attached hydrogens (primary N) is 1. The van der Waals surface area contributed by atoms with E-state index in [1.54, 1.807) is 11.0 Å². The second kappa shape index (κ2) is 9.91. The van der Waals surface area contributed by atoms with E-state index in [9.17, 15) is 35.5 Å². The third-order valence-corrected chi connectivity index (χ3v) is 5.64. The third kappa shape index (κ3) is 6.47. The van der Waals surface area contributed by atoms with Crippen LogP contribution in [-0.4, -0.2) is 35.5 Å². The highest BCUT2D eigenvalue weighted by Crippen LogP contribution is 2.37. The molecule has 2 heterocycles. The van der Waals surface area contributed by atoms with Crippen molar-refractivity contribution in [1.29, 1.82) is 0 Å². The minimum Gasteiger partial charge on any atom is -0.372 e. The van der Waals surface area contributed by atoms with Gasteiger partial charge in [-0.2, -0.15) is 26.3 Å². The maximum absolute atomic E-state index is 12.9. The van der Waals surface area contributed by atoms with E-state index in [2.05, 4.69) is 0 Å². The van der Waals surface area contributed by atoms with Crippen LogP contribution in [0.15, 0.2) is 42.5 Å². The molecule has 2 aromatic carbocycles. The Labute approximate surface area is 191 Å². The number of benzene rings is 2. The van der Waals surface area contributed by atoms with E-state index >= 15 is 0 Å². The number of amides is 1. The molecule has 4 nitrogen and oxygen atoms in total. The topological polar surface area (TPSA) is 55.6 Å². The van der Waals surface area contributed by atoms with Gasteiger partial charge in [0.1, 0.15) is 5.82 Å². The van der Waals surface area contributed by atoms with Crippen LogP contribution in [0.3, 0.4) is 0 Å². The summed E-state index contributed by atoms with van der Waals surface area (Å²) in [6, 6.07) is 7.33. The number of hydrogen-bond donors (Lipinski definition) is 1. The standard InChI is InChI=1S/C16H16F6N2O2.C7H7F/c17-15(18,19)9-1-8(2-10(3-9)16(20,21)22)7-26-11-4-13-12(23)5-14(25)24(13)6-11;1-6-3-2-4-7(8)5-6/h1-3,11-13H,4-7,23H2;2-5H,1H3. The Bertz CT molecular complexity index is 974. The molecule has 0 aliphatic carbocycles. The summed E-state index contributed by atoms with van der Waals surface area (Å²) in [5, 5.41) is 0. The molecule has 0 radical (unpaired) electrons. The van der Waals surface area contributed by atoms with Gasteiger partial charge in [-0.05, 0) is 54.8 Å². The van der Waals surface area contributed by atoms with Gasteiger partial charge in [0.15, 0.2) is 0 Å². The number of aryl methyl sites for hydroxylation is 1. The molecule has 4 rings (SSSR count). The number of nitrogens with zero attached hydrogens (tertiary/aromatic N) is 1.